The third-order valence-corrected chi connectivity index (χ3v) is 2.42. The summed E-state index contributed by atoms with van der Waals surface area (Å²) in [4.78, 5) is 10.0. The van der Waals surface area contributed by atoms with Crippen molar-refractivity contribution < 1.29 is 4.92 Å². The minimum Gasteiger partial charge on any atom is -0.358 e. The van der Waals surface area contributed by atoms with E-state index in [1.807, 2.05) is 0 Å². The summed E-state index contributed by atoms with van der Waals surface area (Å²) in [6.45, 7) is 2.44. The molecule has 0 saturated heterocycles. The highest BCUT2D eigenvalue weighted by Gasteiger charge is 2.16. The molecule has 14 heavy (non-hydrogen) atoms. The van der Waals surface area contributed by atoms with Gasteiger partial charge in [0, 0.05) is 5.33 Å². The normalized spacial score (nSPS) is 10.4. The molecule has 0 aliphatic rings. The molecular weight excluding hydrogens is 250 g/mol. The molecule has 0 N–H and O–H groups in total. The summed E-state index contributed by atoms with van der Waals surface area (Å²) in [7, 11) is 0. The van der Waals surface area contributed by atoms with Crippen molar-refractivity contribution in [1.29, 1.82) is 0 Å². The molecule has 1 aromatic rings. The van der Waals surface area contributed by atoms with Crippen molar-refractivity contribution in [3.8, 4) is 0 Å². The molecule has 0 aromatic carbocycles. The zero-order valence-electron chi connectivity index (χ0n) is 7.94. The Labute approximate surface area is 90.4 Å². The van der Waals surface area contributed by atoms with Gasteiger partial charge < -0.3 is 10.1 Å². The SMILES string of the molecule is Cc1cn(CCCCBr)nc1[N+](=O)[O-]. The second-order valence-corrected chi connectivity index (χ2v) is 3.84. The van der Waals surface area contributed by atoms with Crippen LogP contribution in [0.1, 0.15) is 18.4 Å². The van der Waals surface area contributed by atoms with Gasteiger partial charge in [0.1, 0.15) is 0 Å². The van der Waals surface area contributed by atoms with E-state index in [0.717, 1.165) is 24.7 Å². The predicted octanol–water partition coefficient (Wildman–Crippen LogP) is 2.27. The first-order chi connectivity index (χ1) is 6.65. The number of hydrogen-bond acceptors (Lipinski definition) is 3. The van der Waals surface area contributed by atoms with Gasteiger partial charge in [0.25, 0.3) is 0 Å². The molecule has 5 nitrogen and oxygen atoms in total. The lowest BCUT2D eigenvalue weighted by Gasteiger charge is -1.93. The van der Waals surface area contributed by atoms with Crippen molar-refractivity contribution in [2.75, 3.05) is 5.33 Å². The number of alkyl halides is 1. The first-order valence-corrected chi connectivity index (χ1v) is 5.51. The molecule has 6 heteroatoms. The molecule has 0 unspecified atom stereocenters. The third kappa shape index (κ3) is 2.80. The molecule has 0 aliphatic carbocycles. The molecular formula is C8H12BrN3O2. The Bertz CT molecular complexity index is 324. The summed E-state index contributed by atoms with van der Waals surface area (Å²) in [5, 5.41) is 15.3. The fourth-order valence-electron chi connectivity index (χ4n) is 1.17. The number of unbranched alkanes of at least 4 members (excludes halogenated alkanes) is 1. The lowest BCUT2D eigenvalue weighted by Crippen LogP contribution is -1.99. The van der Waals surface area contributed by atoms with Gasteiger partial charge in [0.05, 0.1) is 23.4 Å². The van der Waals surface area contributed by atoms with Gasteiger partial charge in [0.2, 0.25) is 0 Å². The van der Waals surface area contributed by atoms with Crippen LogP contribution in [0.5, 0.6) is 0 Å². The van der Waals surface area contributed by atoms with Crippen LogP contribution < -0.4 is 0 Å². The van der Waals surface area contributed by atoms with E-state index in [0.29, 0.717) is 5.56 Å². The van der Waals surface area contributed by atoms with E-state index in [-0.39, 0.29) is 5.82 Å². The van der Waals surface area contributed by atoms with Crippen LogP contribution >= 0.6 is 15.9 Å². The Kier molecular flexibility index (Phi) is 4.06. The fraction of sp³-hybridized carbons (Fsp3) is 0.625. The number of aryl methyl sites for hydroxylation is 2. The van der Waals surface area contributed by atoms with E-state index >= 15 is 0 Å². The summed E-state index contributed by atoms with van der Waals surface area (Å²) in [5.41, 5.74) is 0.619. The van der Waals surface area contributed by atoms with Gasteiger partial charge in [-0.15, -0.1) is 0 Å². The van der Waals surface area contributed by atoms with E-state index in [2.05, 4.69) is 21.0 Å². The Morgan fingerprint density at radius 1 is 1.64 bits per heavy atom. The Hall–Kier alpha value is -0.910. The van der Waals surface area contributed by atoms with Crippen molar-refractivity contribution in [3.63, 3.8) is 0 Å². The zero-order chi connectivity index (χ0) is 10.6. The van der Waals surface area contributed by atoms with Gasteiger partial charge in [-0.05, 0) is 24.7 Å². The summed E-state index contributed by atoms with van der Waals surface area (Å²) in [6.07, 6.45) is 3.74. The molecule has 0 bridgehead atoms. The largest absolute Gasteiger partial charge is 0.392 e. The quantitative estimate of drug-likeness (QED) is 0.354. The van der Waals surface area contributed by atoms with Gasteiger partial charge in [-0.3, -0.25) is 0 Å². The standard InChI is InChI=1S/C8H12BrN3O2/c1-7-6-11(5-3-2-4-9)10-8(7)12(13)14/h6H,2-5H2,1H3. The number of nitro groups is 1. The van der Waals surface area contributed by atoms with Gasteiger partial charge in [-0.25, -0.2) is 0 Å². The maximum absolute atomic E-state index is 10.5. The Morgan fingerprint density at radius 2 is 2.36 bits per heavy atom. The fourth-order valence-corrected chi connectivity index (χ4v) is 1.57. The number of rotatable bonds is 5. The highest BCUT2D eigenvalue weighted by Crippen LogP contribution is 2.14. The van der Waals surface area contributed by atoms with Crippen molar-refractivity contribution in [2.24, 2.45) is 0 Å². The van der Waals surface area contributed by atoms with Gasteiger partial charge in [0.15, 0.2) is 0 Å². The minimum absolute atomic E-state index is 0.0381. The van der Waals surface area contributed by atoms with Crippen LogP contribution in [0.15, 0.2) is 6.20 Å². The molecule has 1 heterocycles. The Balaban J connectivity index is 2.62. The molecule has 78 valence electrons. The number of aromatic nitrogens is 2. The van der Waals surface area contributed by atoms with Crippen molar-refractivity contribution in [3.05, 3.63) is 21.9 Å². The van der Waals surface area contributed by atoms with Crippen LogP contribution in [0.4, 0.5) is 5.82 Å². The van der Waals surface area contributed by atoms with E-state index in [4.69, 9.17) is 0 Å². The average Bonchev–Trinajstić information content (AvgIpc) is 2.47. The molecule has 1 rings (SSSR count). The first kappa shape index (κ1) is 11.2. The van der Waals surface area contributed by atoms with Crippen LogP contribution in [0, 0.1) is 17.0 Å². The summed E-state index contributed by atoms with van der Waals surface area (Å²) in [5.74, 6) is -0.0381. The van der Waals surface area contributed by atoms with Crippen LogP contribution in [-0.4, -0.2) is 20.0 Å². The van der Waals surface area contributed by atoms with E-state index in [9.17, 15) is 10.1 Å². The topological polar surface area (TPSA) is 61.0 Å². The molecule has 0 fully saturated rings. The lowest BCUT2D eigenvalue weighted by atomic mass is 10.3. The van der Waals surface area contributed by atoms with Crippen molar-refractivity contribution in [1.82, 2.24) is 9.78 Å². The lowest BCUT2D eigenvalue weighted by molar-refractivity contribution is -0.390. The van der Waals surface area contributed by atoms with Gasteiger partial charge >= 0.3 is 5.82 Å². The third-order valence-electron chi connectivity index (χ3n) is 1.86. The maximum Gasteiger partial charge on any atom is 0.392 e. The summed E-state index contributed by atoms with van der Waals surface area (Å²) in [6, 6.07) is 0. The number of halogens is 1. The number of nitrogens with zero attached hydrogens (tertiary/aromatic N) is 3. The first-order valence-electron chi connectivity index (χ1n) is 4.39. The molecule has 0 spiro atoms. The average molecular weight is 262 g/mol. The second-order valence-electron chi connectivity index (χ2n) is 3.05. The second kappa shape index (κ2) is 5.09. The van der Waals surface area contributed by atoms with E-state index in [1.54, 1.807) is 17.8 Å². The molecule has 0 saturated carbocycles. The molecule has 0 atom stereocenters. The van der Waals surface area contributed by atoms with Crippen molar-refractivity contribution in [2.45, 2.75) is 26.3 Å². The molecule has 1 aromatic heterocycles. The van der Waals surface area contributed by atoms with Crippen LogP contribution in [0.2, 0.25) is 0 Å². The molecule has 0 amide bonds. The van der Waals surface area contributed by atoms with Crippen LogP contribution in [-0.2, 0) is 6.54 Å². The van der Waals surface area contributed by atoms with Gasteiger partial charge in [-0.2, -0.15) is 4.68 Å². The van der Waals surface area contributed by atoms with Crippen LogP contribution in [0.3, 0.4) is 0 Å². The molecule has 0 aliphatic heterocycles. The monoisotopic (exact) mass is 261 g/mol. The Morgan fingerprint density at radius 3 is 2.86 bits per heavy atom. The number of hydrogen-bond donors (Lipinski definition) is 0. The highest BCUT2D eigenvalue weighted by molar-refractivity contribution is 9.09. The smallest absolute Gasteiger partial charge is 0.358 e. The van der Waals surface area contributed by atoms with E-state index < -0.39 is 4.92 Å². The molecule has 0 radical (unpaired) electrons. The van der Waals surface area contributed by atoms with E-state index in [1.165, 1.54) is 0 Å². The zero-order valence-corrected chi connectivity index (χ0v) is 9.53. The maximum atomic E-state index is 10.5. The summed E-state index contributed by atoms with van der Waals surface area (Å²) >= 11 is 3.33. The highest BCUT2D eigenvalue weighted by atomic mass is 79.9. The predicted molar refractivity (Wildman–Crippen MR) is 56.6 cm³/mol. The van der Waals surface area contributed by atoms with Gasteiger partial charge in [-0.1, -0.05) is 15.9 Å². The minimum atomic E-state index is -0.448. The summed E-state index contributed by atoms with van der Waals surface area (Å²) < 4.78 is 1.64. The van der Waals surface area contributed by atoms with Crippen LogP contribution in [0.25, 0.3) is 0 Å². The van der Waals surface area contributed by atoms with Crippen molar-refractivity contribution >= 4 is 21.7 Å².